The van der Waals surface area contributed by atoms with Gasteiger partial charge in [-0.05, 0) is 48.6 Å². The lowest BCUT2D eigenvalue weighted by Crippen LogP contribution is -2.26. The molecule has 0 saturated heterocycles. The lowest BCUT2D eigenvalue weighted by molar-refractivity contribution is 0.414. The fraction of sp³-hybridized carbons (Fsp3) is 0.286. The number of hydrogen-bond acceptors (Lipinski definition) is 6. The standard InChI is InChI=1S/C21H23N5O/c1-27-18-9-4-6-16(14-18)11-12-22-21-24-20(15-23-25-21)26-13-5-8-17-7-2-3-10-19(17)26/h2-4,6-7,9-10,14-15H,5,8,11-13H2,1H3,(H,22,24,25). The molecule has 0 radical (unpaired) electrons. The van der Waals surface area contributed by atoms with Crippen LogP contribution in [-0.2, 0) is 12.8 Å². The molecule has 4 rings (SSSR count). The van der Waals surface area contributed by atoms with Crippen molar-refractivity contribution >= 4 is 17.5 Å². The number of nitrogens with one attached hydrogen (secondary N) is 1. The van der Waals surface area contributed by atoms with Gasteiger partial charge in [-0.3, -0.25) is 0 Å². The van der Waals surface area contributed by atoms with Crippen LogP contribution in [0.15, 0.2) is 54.7 Å². The summed E-state index contributed by atoms with van der Waals surface area (Å²) >= 11 is 0. The van der Waals surface area contributed by atoms with Gasteiger partial charge in [-0.1, -0.05) is 30.3 Å². The molecule has 1 aromatic heterocycles. The van der Waals surface area contributed by atoms with Crippen molar-refractivity contribution in [2.75, 3.05) is 30.4 Å². The number of aromatic nitrogens is 3. The summed E-state index contributed by atoms with van der Waals surface area (Å²) in [6, 6.07) is 16.6. The molecule has 2 heterocycles. The SMILES string of the molecule is COc1cccc(CCNc2nncc(N3CCCc4ccccc43)n2)c1. The molecule has 6 nitrogen and oxygen atoms in total. The molecule has 0 saturated carbocycles. The predicted octanol–water partition coefficient (Wildman–Crippen LogP) is 3.62. The maximum Gasteiger partial charge on any atom is 0.244 e. The highest BCUT2D eigenvalue weighted by Gasteiger charge is 2.19. The van der Waals surface area contributed by atoms with Gasteiger partial charge >= 0.3 is 0 Å². The third kappa shape index (κ3) is 4.00. The minimum atomic E-state index is 0.554. The number of anilines is 3. The summed E-state index contributed by atoms with van der Waals surface area (Å²) in [6.07, 6.45) is 4.81. The normalized spacial score (nSPS) is 13.1. The molecule has 6 heteroatoms. The van der Waals surface area contributed by atoms with Gasteiger partial charge in [0.1, 0.15) is 5.75 Å². The lowest BCUT2D eigenvalue weighted by Gasteiger charge is -2.30. The molecule has 0 aliphatic carbocycles. The maximum absolute atomic E-state index is 5.27. The number of hydrogen-bond donors (Lipinski definition) is 1. The molecular weight excluding hydrogens is 338 g/mol. The van der Waals surface area contributed by atoms with Gasteiger partial charge in [0.05, 0.1) is 13.3 Å². The highest BCUT2D eigenvalue weighted by atomic mass is 16.5. The van der Waals surface area contributed by atoms with Gasteiger partial charge in [-0.2, -0.15) is 10.1 Å². The van der Waals surface area contributed by atoms with Crippen molar-refractivity contribution in [3.8, 4) is 5.75 Å². The molecular formula is C21H23N5O. The van der Waals surface area contributed by atoms with Crippen LogP contribution in [0.2, 0.25) is 0 Å². The Balaban J connectivity index is 1.44. The molecule has 3 aromatic rings. The van der Waals surface area contributed by atoms with Gasteiger partial charge in [-0.15, -0.1) is 5.10 Å². The second kappa shape index (κ2) is 8.03. The van der Waals surface area contributed by atoms with Crippen LogP contribution >= 0.6 is 0 Å². The molecule has 0 spiro atoms. The molecule has 1 aliphatic rings. The van der Waals surface area contributed by atoms with Crippen LogP contribution in [0.4, 0.5) is 17.5 Å². The van der Waals surface area contributed by atoms with Crippen LogP contribution < -0.4 is 15.0 Å². The number of methoxy groups -OCH3 is 1. The number of nitrogens with zero attached hydrogens (tertiary/aromatic N) is 4. The Bertz CT molecular complexity index is 914. The Morgan fingerprint density at radius 3 is 3.00 bits per heavy atom. The van der Waals surface area contributed by atoms with Crippen molar-refractivity contribution in [2.45, 2.75) is 19.3 Å². The average molecular weight is 361 g/mol. The van der Waals surface area contributed by atoms with Crippen molar-refractivity contribution < 1.29 is 4.74 Å². The number of benzene rings is 2. The van der Waals surface area contributed by atoms with Crippen LogP contribution in [0, 0.1) is 0 Å². The first-order valence-electron chi connectivity index (χ1n) is 9.25. The maximum atomic E-state index is 5.27. The van der Waals surface area contributed by atoms with E-state index in [2.05, 4.69) is 55.7 Å². The smallest absolute Gasteiger partial charge is 0.244 e. The molecule has 1 aliphatic heterocycles. The summed E-state index contributed by atoms with van der Waals surface area (Å²) in [5, 5.41) is 11.6. The summed E-state index contributed by atoms with van der Waals surface area (Å²) in [5.74, 6) is 2.26. The molecule has 0 fully saturated rings. The van der Waals surface area contributed by atoms with Crippen molar-refractivity contribution in [1.82, 2.24) is 15.2 Å². The van der Waals surface area contributed by atoms with Crippen LogP contribution in [0.5, 0.6) is 5.75 Å². The van der Waals surface area contributed by atoms with E-state index >= 15 is 0 Å². The van der Waals surface area contributed by atoms with E-state index in [9.17, 15) is 0 Å². The highest BCUT2D eigenvalue weighted by Crippen LogP contribution is 2.31. The van der Waals surface area contributed by atoms with Crippen LogP contribution in [0.1, 0.15) is 17.5 Å². The van der Waals surface area contributed by atoms with Gasteiger partial charge in [0.25, 0.3) is 0 Å². The monoisotopic (exact) mass is 361 g/mol. The first-order chi connectivity index (χ1) is 13.3. The van der Waals surface area contributed by atoms with Crippen molar-refractivity contribution in [3.05, 3.63) is 65.9 Å². The number of aryl methyl sites for hydroxylation is 1. The number of rotatable bonds is 6. The van der Waals surface area contributed by atoms with Gasteiger partial charge < -0.3 is 15.0 Å². The Morgan fingerprint density at radius 2 is 2.07 bits per heavy atom. The quantitative estimate of drug-likeness (QED) is 0.723. The van der Waals surface area contributed by atoms with Crippen LogP contribution in [-0.4, -0.2) is 35.4 Å². The molecule has 0 atom stereocenters. The van der Waals surface area contributed by atoms with Crippen LogP contribution in [0.25, 0.3) is 0 Å². The predicted molar refractivity (Wildman–Crippen MR) is 107 cm³/mol. The molecule has 0 unspecified atom stereocenters. The number of fused-ring (bicyclic) bond motifs is 1. The second-order valence-electron chi connectivity index (χ2n) is 6.55. The fourth-order valence-electron chi connectivity index (χ4n) is 3.42. The minimum Gasteiger partial charge on any atom is -0.497 e. The zero-order valence-electron chi connectivity index (χ0n) is 15.4. The van der Waals surface area contributed by atoms with E-state index in [1.54, 1.807) is 13.3 Å². The second-order valence-corrected chi connectivity index (χ2v) is 6.55. The van der Waals surface area contributed by atoms with E-state index in [1.165, 1.54) is 16.8 Å². The van der Waals surface area contributed by atoms with Gasteiger partial charge in [0, 0.05) is 18.8 Å². The van der Waals surface area contributed by atoms with Gasteiger partial charge in [0.15, 0.2) is 5.82 Å². The Labute approximate surface area is 159 Å². The van der Waals surface area contributed by atoms with E-state index in [0.717, 1.165) is 43.9 Å². The molecule has 0 bridgehead atoms. The van der Waals surface area contributed by atoms with E-state index in [4.69, 9.17) is 4.74 Å². The summed E-state index contributed by atoms with van der Waals surface area (Å²) < 4.78 is 5.27. The van der Waals surface area contributed by atoms with E-state index in [0.29, 0.717) is 5.95 Å². The summed E-state index contributed by atoms with van der Waals surface area (Å²) in [5.41, 5.74) is 3.78. The first kappa shape index (κ1) is 17.3. The van der Waals surface area contributed by atoms with Crippen molar-refractivity contribution in [2.24, 2.45) is 0 Å². The Kier molecular flexibility index (Phi) is 5.14. The summed E-state index contributed by atoms with van der Waals surface area (Å²) in [6.45, 7) is 1.67. The Hall–Kier alpha value is -3.15. The third-order valence-electron chi connectivity index (χ3n) is 4.76. The van der Waals surface area contributed by atoms with E-state index in [-0.39, 0.29) is 0 Å². The van der Waals surface area contributed by atoms with Gasteiger partial charge in [0.2, 0.25) is 5.95 Å². The zero-order chi connectivity index (χ0) is 18.5. The van der Waals surface area contributed by atoms with Crippen molar-refractivity contribution in [3.63, 3.8) is 0 Å². The molecule has 2 aromatic carbocycles. The largest absolute Gasteiger partial charge is 0.497 e. The minimum absolute atomic E-state index is 0.554. The topological polar surface area (TPSA) is 63.2 Å². The molecule has 138 valence electrons. The third-order valence-corrected chi connectivity index (χ3v) is 4.76. The van der Waals surface area contributed by atoms with Crippen molar-refractivity contribution in [1.29, 1.82) is 0 Å². The average Bonchev–Trinajstić information content (AvgIpc) is 2.74. The molecule has 27 heavy (non-hydrogen) atoms. The summed E-state index contributed by atoms with van der Waals surface area (Å²) in [7, 11) is 1.68. The van der Waals surface area contributed by atoms with Crippen LogP contribution in [0.3, 0.4) is 0 Å². The highest BCUT2D eigenvalue weighted by molar-refractivity contribution is 5.65. The first-order valence-corrected chi connectivity index (χ1v) is 9.25. The number of ether oxygens (including phenoxy) is 1. The summed E-state index contributed by atoms with van der Waals surface area (Å²) in [4.78, 5) is 6.90. The number of para-hydroxylation sites is 1. The van der Waals surface area contributed by atoms with E-state index in [1.807, 2.05) is 18.2 Å². The fourth-order valence-corrected chi connectivity index (χ4v) is 3.42. The molecule has 1 N–H and O–H groups in total. The zero-order valence-corrected chi connectivity index (χ0v) is 15.4. The van der Waals surface area contributed by atoms with Gasteiger partial charge in [-0.25, -0.2) is 0 Å². The molecule has 0 amide bonds. The Morgan fingerprint density at radius 1 is 1.15 bits per heavy atom. The van der Waals surface area contributed by atoms with E-state index < -0.39 is 0 Å². The lowest BCUT2D eigenvalue weighted by atomic mass is 10.0.